The second-order valence-corrected chi connectivity index (χ2v) is 4.92. The van der Waals surface area contributed by atoms with Gasteiger partial charge in [0, 0.05) is 11.5 Å². The Morgan fingerprint density at radius 3 is 2.28 bits per heavy atom. The lowest BCUT2D eigenvalue weighted by Crippen LogP contribution is -2.15. The fourth-order valence-electron chi connectivity index (χ4n) is 1.87. The first-order valence-electron chi connectivity index (χ1n) is 6.67. The van der Waals surface area contributed by atoms with E-state index >= 15 is 0 Å². The van der Waals surface area contributed by atoms with E-state index in [2.05, 4.69) is 13.0 Å². The number of hydrogen-bond acceptors (Lipinski definition) is 2. The third kappa shape index (κ3) is 3.52. The molecule has 0 radical (unpaired) electrons. The van der Waals surface area contributed by atoms with Gasteiger partial charge in [0.05, 0.1) is 6.42 Å². The number of rotatable bonds is 6. The molecule has 0 fully saturated rings. The highest BCUT2D eigenvalue weighted by Gasteiger charge is 2.17. The van der Waals surface area contributed by atoms with Crippen molar-refractivity contribution in [3.05, 3.63) is 34.9 Å². The molecule has 0 amide bonds. The van der Waals surface area contributed by atoms with Gasteiger partial charge in [-0.1, -0.05) is 39.8 Å². The molecule has 0 aliphatic heterocycles. The Bertz CT molecular complexity index is 444. The third-order valence-electron chi connectivity index (χ3n) is 3.24. The van der Waals surface area contributed by atoms with E-state index in [1.54, 1.807) is 0 Å². The van der Waals surface area contributed by atoms with E-state index in [-0.39, 0.29) is 23.9 Å². The van der Waals surface area contributed by atoms with Gasteiger partial charge in [0.15, 0.2) is 5.78 Å². The van der Waals surface area contributed by atoms with Crippen molar-refractivity contribution in [1.29, 1.82) is 0 Å². The van der Waals surface area contributed by atoms with Crippen molar-refractivity contribution < 1.29 is 9.59 Å². The molecule has 2 heteroatoms. The van der Waals surface area contributed by atoms with Gasteiger partial charge in [-0.05, 0) is 30.0 Å². The standard InChI is InChI=1S/C16H22O2/c1-5-12-7-8-13(6-2)14(9-12)16(18)10-15(17)11(3)4/h7-9,11H,5-6,10H2,1-4H3. The van der Waals surface area contributed by atoms with Gasteiger partial charge in [-0.2, -0.15) is 0 Å². The van der Waals surface area contributed by atoms with Crippen LogP contribution in [-0.2, 0) is 17.6 Å². The fraction of sp³-hybridized carbons (Fsp3) is 0.500. The molecule has 0 bridgehead atoms. The molecule has 0 N–H and O–H groups in total. The maximum atomic E-state index is 12.2. The number of Topliss-reactive ketones (excluding diaryl/α,β-unsaturated/α-hetero) is 2. The molecule has 0 heterocycles. The first-order valence-corrected chi connectivity index (χ1v) is 6.67. The molecule has 0 unspecified atom stereocenters. The number of benzene rings is 1. The molecular weight excluding hydrogens is 224 g/mol. The van der Waals surface area contributed by atoms with Gasteiger partial charge in [-0.25, -0.2) is 0 Å². The summed E-state index contributed by atoms with van der Waals surface area (Å²) >= 11 is 0. The Labute approximate surface area is 109 Å². The van der Waals surface area contributed by atoms with E-state index in [0.717, 1.165) is 29.5 Å². The Balaban J connectivity index is 2.99. The van der Waals surface area contributed by atoms with Crippen molar-refractivity contribution in [2.24, 2.45) is 5.92 Å². The monoisotopic (exact) mass is 246 g/mol. The van der Waals surface area contributed by atoms with Gasteiger partial charge in [0.1, 0.15) is 5.78 Å². The Morgan fingerprint density at radius 2 is 1.78 bits per heavy atom. The summed E-state index contributed by atoms with van der Waals surface area (Å²) in [7, 11) is 0. The minimum absolute atomic E-state index is 0.0176. The second-order valence-electron chi connectivity index (χ2n) is 4.92. The van der Waals surface area contributed by atoms with Crippen LogP contribution in [0, 0.1) is 5.92 Å². The fourth-order valence-corrected chi connectivity index (χ4v) is 1.87. The molecule has 0 aromatic heterocycles. The SMILES string of the molecule is CCc1ccc(CC)c(C(=O)CC(=O)C(C)C)c1. The summed E-state index contributed by atoms with van der Waals surface area (Å²) in [6, 6.07) is 6.00. The quantitative estimate of drug-likeness (QED) is 0.567. The van der Waals surface area contributed by atoms with Crippen LogP contribution in [0.5, 0.6) is 0 Å². The molecule has 18 heavy (non-hydrogen) atoms. The molecule has 98 valence electrons. The van der Waals surface area contributed by atoms with Crippen molar-refractivity contribution in [2.45, 2.75) is 47.0 Å². The number of carbonyl (C=O) groups is 2. The summed E-state index contributed by atoms with van der Waals surface area (Å²) in [5, 5.41) is 0. The van der Waals surface area contributed by atoms with Crippen molar-refractivity contribution in [3.63, 3.8) is 0 Å². The average Bonchev–Trinajstić information content (AvgIpc) is 2.37. The lowest BCUT2D eigenvalue weighted by atomic mass is 9.93. The van der Waals surface area contributed by atoms with Crippen LogP contribution in [0.2, 0.25) is 0 Å². The largest absolute Gasteiger partial charge is 0.299 e. The van der Waals surface area contributed by atoms with E-state index in [1.807, 2.05) is 32.9 Å². The van der Waals surface area contributed by atoms with Gasteiger partial charge in [0.2, 0.25) is 0 Å². The summed E-state index contributed by atoms with van der Waals surface area (Å²) in [6.45, 7) is 7.76. The predicted molar refractivity (Wildman–Crippen MR) is 74.0 cm³/mol. The number of hydrogen-bond donors (Lipinski definition) is 0. The zero-order valence-corrected chi connectivity index (χ0v) is 11.7. The summed E-state index contributed by atoms with van der Waals surface area (Å²) in [5.41, 5.74) is 2.91. The highest BCUT2D eigenvalue weighted by Crippen LogP contribution is 2.16. The summed E-state index contributed by atoms with van der Waals surface area (Å²) < 4.78 is 0. The first-order chi connectivity index (χ1) is 8.49. The Morgan fingerprint density at radius 1 is 1.11 bits per heavy atom. The smallest absolute Gasteiger partial charge is 0.170 e. The molecule has 0 aliphatic carbocycles. The topological polar surface area (TPSA) is 34.1 Å². The van der Waals surface area contributed by atoms with Crippen LogP contribution in [0.25, 0.3) is 0 Å². The van der Waals surface area contributed by atoms with Crippen LogP contribution in [0.15, 0.2) is 18.2 Å². The lowest BCUT2D eigenvalue weighted by molar-refractivity contribution is -0.121. The summed E-state index contributed by atoms with van der Waals surface area (Å²) in [4.78, 5) is 23.8. The molecule has 0 saturated heterocycles. The molecule has 0 aliphatic rings. The van der Waals surface area contributed by atoms with Crippen molar-refractivity contribution in [2.75, 3.05) is 0 Å². The molecular formula is C16H22O2. The van der Waals surface area contributed by atoms with E-state index in [9.17, 15) is 9.59 Å². The van der Waals surface area contributed by atoms with Crippen molar-refractivity contribution in [1.82, 2.24) is 0 Å². The van der Waals surface area contributed by atoms with Gasteiger partial charge >= 0.3 is 0 Å². The van der Waals surface area contributed by atoms with E-state index in [0.29, 0.717) is 0 Å². The van der Waals surface area contributed by atoms with Crippen LogP contribution in [0.3, 0.4) is 0 Å². The molecule has 1 rings (SSSR count). The summed E-state index contributed by atoms with van der Waals surface area (Å²) in [5.74, 6) is -0.0989. The van der Waals surface area contributed by atoms with Crippen LogP contribution >= 0.6 is 0 Å². The highest BCUT2D eigenvalue weighted by atomic mass is 16.1. The first kappa shape index (κ1) is 14.6. The normalized spacial score (nSPS) is 10.7. The zero-order valence-electron chi connectivity index (χ0n) is 11.7. The van der Waals surface area contributed by atoms with Crippen LogP contribution < -0.4 is 0 Å². The average molecular weight is 246 g/mol. The maximum absolute atomic E-state index is 12.2. The highest BCUT2D eigenvalue weighted by molar-refractivity contribution is 6.09. The van der Waals surface area contributed by atoms with Crippen LogP contribution in [-0.4, -0.2) is 11.6 Å². The second kappa shape index (κ2) is 6.48. The van der Waals surface area contributed by atoms with Crippen LogP contribution in [0.1, 0.15) is 55.6 Å². The van der Waals surface area contributed by atoms with Gasteiger partial charge in [-0.3, -0.25) is 9.59 Å². The van der Waals surface area contributed by atoms with Gasteiger partial charge in [0.25, 0.3) is 0 Å². The van der Waals surface area contributed by atoms with E-state index in [1.165, 1.54) is 0 Å². The number of aryl methyl sites for hydroxylation is 2. The molecule has 0 saturated carbocycles. The minimum Gasteiger partial charge on any atom is -0.299 e. The van der Waals surface area contributed by atoms with Gasteiger partial charge < -0.3 is 0 Å². The Kier molecular flexibility index (Phi) is 5.26. The molecule has 2 nitrogen and oxygen atoms in total. The van der Waals surface area contributed by atoms with Crippen LogP contribution in [0.4, 0.5) is 0 Å². The molecule has 1 aromatic carbocycles. The Hall–Kier alpha value is -1.44. The third-order valence-corrected chi connectivity index (χ3v) is 3.24. The van der Waals surface area contributed by atoms with Gasteiger partial charge in [-0.15, -0.1) is 0 Å². The van der Waals surface area contributed by atoms with Crippen molar-refractivity contribution >= 4 is 11.6 Å². The van der Waals surface area contributed by atoms with Crippen molar-refractivity contribution in [3.8, 4) is 0 Å². The summed E-state index contributed by atoms with van der Waals surface area (Å²) in [6.07, 6.45) is 1.75. The number of carbonyl (C=O) groups excluding carboxylic acids is 2. The number of ketones is 2. The minimum atomic E-state index is -0.0756. The molecule has 1 aromatic rings. The zero-order chi connectivity index (χ0) is 13.7. The molecule has 0 atom stereocenters. The van der Waals surface area contributed by atoms with E-state index in [4.69, 9.17) is 0 Å². The molecule has 0 spiro atoms. The maximum Gasteiger partial charge on any atom is 0.170 e. The predicted octanol–water partition coefficient (Wildman–Crippen LogP) is 3.61. The van der Waals surface area contributed by atoms with E-state index < -0.39 is 0 Å². The lowest BCUT2D eigenvalue weighted by Gasteiger charge is -2.09.